The van der Waals surface area contributed by atoms with Gasteiger partial charge in [0.2, 0.25) is 0 Å². The molecule has 2 N–H and O–H groups in total. The number of aromatic amines is 1. The molecule has 0 aliphatic heterocycles. The number of imidazole rings is 1. The summed E-state index contributed by atoms with van der Waals surface area (Å²) in [5.74, 6) is 1.09. The van der Waals surface area contributed by atoms with Crippen molar-refractivity contribution >= 4 is 0 Å². The van der Waals surface area contributed by atoms with Crippen molar-refractivity contribution in [1.29, 1.82) is 0 Å². The Morgan fingerprint density at radius 3 is 2.88 bits per heavy atom. The maximum atomic E-state index is 4.67. The predicted molar refractivity (Wildman–Crippen MR) is 66.4 cm³/mol. The highest BCUT2D eigenvalue weighted by molar-refractivity contribution is 5.20. The third-order valence-electron chi connectivity index (χ3n) is 3.29. The Morgan fingerprint density at radius 2 is 2.19 bits per heavy atom. The maximum absolute atomic E-state index is 4.67. The van der Waals surface area contributed by atoms with Crippen molar-refractivity contribution in [3.8, 4) is 0 Å². The van der Waals surface area contributed by atoms with Gasteiger partial charge < -0.3 is 10.3 Å². The van der Waals surface area contributed by atoms with Crippen molar-refractivity contribution in [2.24, 2.45) is 5.41 Å². The van der Waals surface area contributed by atoms with Gasteiger partial charge in [0.05, 0.1) is 12.2 Å². The second-order valence-corrected chi connectivity index (χ2v) is 5.99. The summed E-state index contributed by atoms with van der Waals surface area (Å²) in [6, 6.07) is 0.513. The van der Waals surface area contributed by atoms with E-state index in [0.29, 0.717) is 11.5 Å². The smallest absolute Gasteiger partial charge is 0.120 e. The summed E-state index contributed by atoms with van der Waals surface area (Å²) < 4.78 is 0. The van der Waals surface area contributed by atoms with Crippen LogP contribution in [0.2, 0.25) is 0 Å². The van der Waals surface area contributed by atoms with Gasteiger partial charge in [0.1, 0.15) is 5.82 Å². The van der Waals surface area contributed by atoms with Crippen LogP contribution in [0.1, 0.15) is 51.3 Å². The lowest BCUT2D eigenvalue weighted by atomic mass is 9.78. The number of fused-ring (bicyclic) bond motifs is 1. The molecule has 90 valence electrons. The van der Waals surface area contributed by atoms with Crippen LogP contribution in [-0.2, 0) is 19.4 Å². The molecule has 1 aromatic rings. The van der Waals surface area contributed by atoms with Crippen LogP contribution in [0, 0.1) is 5.41 Å². The first-order valence-electron chi connectivity index (χ1n) is 6.26. The van der Waals surface area contributed by atoms with Gasteiger partial charge in [-0.05, 0) is 24.7 Å². The zero-order chi connectivity index (χ0) is 11.8. The molecule has 0 saturated carbocycles. The van der Waals surface area contributed by atoms with Crippen LogP contribution in [0.4, 0.5) is 0 Å². The Labute approximate surface area is 98.1 Å². The third-order valence-corrected chi connectivity index (χ3v) is 3.29. The number of hydrogen-bond donors (Lipinski definition) is 2. The van der Waals surface area contributed by atoms with E-state index in [1.54, 1.807) is 0 Å². The first kappa shape index (κ1) is 11.6. The third kappa shape index (κ3) is 2.64. The Balaban J connectivity index is 2.07. The minimum absolute atomic E-state index is 0.433. The van der Waals surface area contributed by atoms with Crippen molar-refractivity contribution in [3.63, 3.8) is 0 Å². The van der Waals surface area contributed by atoms with Gasteiger partial charge in [-0.1, -0.05) is 27.7 Å². The van der Waals surface area contributed by atoms with Crippen molar-refractivity contribution < 1.29 is 0 Å². The average Bonchev–Trinajstić information content (AvgIpc) is 2.55. The van der Waals surface area contributed by atoms with E-state index in [2.05, 4.69) is 43.0 Å². The molecule has 0 spiro atoms. The number of aryl methyl sites for hydroxylation is 1. The minimum atomic E-state index is 0.433. The zero-order valence-electron chi connectivity index (χ0n) is 10.9. The number of nitrogens with zero attached hydrogens (tertiary/aromatic N) is 1. The second kappa shape index (κ2) is 4.21. The zero-order valence-corrected chi connectivity index (χ0v) is 10.9. The molecular formula is C13H23N3. The highest BCUT2D eigenvalue weighted by atomic mass is 15.0. The first-order chi connectivity index (χ1) is 7.46. The van der Waals surface area contributed by atoms with Gasteiger partial charge in [0.25, 0.3) is 0 Å². The van der Waals surface area contributed by atoms with Crippen LogP contribution in [0.5, 0.6) is 0 Å². The lowest BCUT2D eigenvalue weighted by Gasteiger charge is -2.28. The molecule has 0 fully saturated rings. The Bertz CT molecular complexity index is 363. The fraction of sp³-hybridized carbons (Fsp3) is 0.769. The lowest BCUT2D eigenvalue weighted by molar-refractivity contribution is 0.310. The predicted octanol–water partition coefficient (Wildman–Crippen LogP) is 2.42. The molecule has 0 radical (unpaired) electrons. The Kier molecular flexibility index (Phi) is 3.06. The Morgan fingerprint density at radius 1 is 1.44 bits per heavy atom. The minimum Gasteiger partial charge on any atom is -0.345 e. The highest BCUT2D eigenvalue weighted by Crippen LogP contribution is 2.33. The molecule has 1 aromatic heterocycles. The van der Waals surface area contributed by atoms with E-state index in [-0.39, 0.29) is 0 Å². The summed E-state index contributed by atoms with van der Waals surface area (Å²) in [5, 5.41) is 3.40. The standard InChI is InChI=1S/C13H23N3/c1-9(2)14-8-12-15-10-5-6-13(3,4)7-11(10)16-12/h9,14H,5-8H2,1-4H3,(H,15,16). The van der Waals surface area contributed by atoms with Crippen molar-refractivity contribution in [2.75, 3.05) is 0 Å². The van der Waals surface area contributed by atoms with Crippen molar-refractivity contribution in [2.45, 2.75) is 59.5 Å². The molecule has 1 aliphatic rings. The molecule has 3 nitrogen and oxygen atoms in total. The van der Waals surface area contributed by atoms with Gasteiger partial charge >= 0.3 is 0 Å². The molecule has 2 rings (SSSR count). The summed E-state index contributed by atoms with van der Waals surface area (Å²) >= 11 is 0. The quantitative estimate of drug-likeness (QED) is 0.823. The van der Waals surface area contributed by atoms with Crippen LogP contribution >= 0.6 is 0 Å². The van der Waals surface area contributed by atoms with Gasteiger partial charge in [-0.2, -0.15) is 0 Å². The molecule has 16 heavy (non-hydrogen) atoms. The number of aromatic nitrogens is 2. The topological polar surface area (TPSA) is 40.7 Å². The number of hydrogen-bond acceptors (Lipinski definition) is 2. The van der Waals surface area contributed by atoms with Crippen LogP contribution in [0.15, 0.2) is 0 Å². The molecule has 0 amide bonds. The first-order valence-corrected chi connectivity index (χ1v) is 6.26. The van der Waals surface area contributed by atoms with E-state index < -0.39 is 0 Å². The van der Waals surface area contributed by atoms with Crippen LogP contribution in [0.25, 0.3) is 0 Å². The monoisotopic (exact) mass is 221 g/mol. The second-order valence-electron chi connectivity index (χ2n) is 5.99. The van der Waals surface area contributed by atoms with Crippen LogP contribution < -0.4 is 5.32 Å². The largest absolute Gasteiger partial charge is 0.345 e. The molecule has 1 aliphatic carbocycles. The van der Waals surface area contributed by atoms with E-state index in [4.69, 9.17) is 0 Å². The molecule has 3 heteroatoms. The van der Waals surface area contributed by atoms with Gasteiger partial charge in [-0.15, -0.1) is 0 Å². The van der Waals surface area contributed by atoms with Gasteiger partial charge in [-0.25, -0.2) is 4.98 Å². The molecule has 0 saturated heterocycles. The van der Waals surface area contributed by atoms with E-state index in [9.17, 15) is 0 Å². The van der Waals surface area contributed by atoms with Crippen LogP contribution in [0.3, 0.4) is 0 Å². The number of rotatable bonds is 3. The van der Waals surface area contributed by atoms with Crippen molar-refractivity contribution in [1.82, 2.24) is 15.3 Å². The van der Waals surface area contributed by atoms with E-state index >= 15 is 0 Å². The SMILES string of the molecule is CC(C)NCc1nc2c([nH]1)CC(C)(C)CC2. The summed E-state index contributed by atoms with van der Waals surface area (Å²) in [6.07, 6.45) is 3.51. The number of nitrogens with one attached hydrogen (secondary N) is 2. The summed E-state index contributed by atoms with van der Waals surface area (Å²) in [7, 11) is 0. The molecule has 0 atom stereocenters. The van der Waals surface area contributed by atoms with Crippen molar-refractivity contribution in [3.05, 3.63) is 17.2 Å². The van der Waals surface area contributed by atoms with Gasteiger partial charge in [0.15, 0.2) is 0 Å². The summed E-state index contributed by atoms with van der Waals surface area (Å²) in [4.78, 5) is 8.14. The van der Waals surface area contributed by atoms with E-state index in [1.165, 1.54) is 17.8 Å². The Hall–Kier alpha value is -0.830. The molecular weight excluding hydrogens is 198 g/mol. The molecule has 0 unspecified atom stereocenters. The molecule has 0 bridgehead atoms. The lowest BCUT2D eigenvalue weighted by Crippen LogP contribution is -2.22. The maximum Gasteiger partial charge on any atom is 0.120 e. The molecule has 0 aromatic carbocycles. The van der Waals surface area contributed by atoms with Crippen LogP contribution in [-0.4, -0.2) is 16.0 Å². The normalized spacial score (nSPS) is 18.8. The number of H-pyrrole nitrogens is 1. The fourth-order valence-corrected chi connectivity index (χ4v) is 2.27. The van der Waals surface area contributed by atoms with E-state index in [1.807, 2.05) is 0 Å². The summed E-state index contributed by atoms with van der Waals surface area (Å²) in [6.45, 7) is 9.84. The average molecular weight is 221 g/mol. The highest BCUT2D eigenvalue weighted by Gasteiger charge is 2.27. The van der Waals surface area contributed by atoms with E-state index in [0.717, 1.165) is 25.2 Å². The fourth-order valence-electron chi connectivity index (χ4n) is 2.27. The summed E-state index contributed by atoms with van der Waals surface area (Å²) in [5.41, 5.74) is 3.08. The van der Waals surface area contributed by atoms with Gasteiger partial charge in [0, 0.05) is 11.7 Å². The molecule has 1 heterocycles. The van der Waals surface area contributed by atoms with Gasteiger partial charge in [-0.3, -0.25) is 0 Å².